The van der Waals surface area contributed by atoms with Gasteiger partial charge in [0.15, 0.2) is 9.84 Å². The molecule has 1 aliphatic carbocycles. The van der Waals surface area contributed by atoms with E-state index in [1.54, 1.807) is 18.2 Å². The Morgan fingerprint density at radius 3 is 2.44 bits per heavy atom. The van der Waals surface area contributed by atoms with Crippen molar-refractivity contribution in [2.75, 3.05) is 5.73 Å². The van der Waals surface area contributed by atoms with E-state index in [-0.39, 0.29) is 10.1 Å². The molecule has 1 saturated carbocycles. The SMILES string of the molecule is Nc1cc(Br)ccc1S(=O)(=O)C1CCCC1. The lowest BCUT2D eigenvalue weighted by atomic mass is 10.3. The standard InChI is InChI=1S/C11H14BrNO2S/c12-8-5-6-11(10(13)7-8)16(14,15)9-3-1-2-4-9/h5-7,9H,1-4,13H2. The Bertz CT molecular complexity index is 493. The fourth-order valence-corrected chi connectivity index (χ4v) is 4.49. The Morgan fingerprint density at radius 1 is 1.25 bits per heavy atom. The summed E-state index contributed by atoms with van der Waals surface area (Å²) >= 11 is 3.27. The third-order valence-corrected chi connectivity index (χ3v) is 5.85. The average Bonchev–Trinajstić information content (AvgIpc) is 2.69. The van der Waals surface area contributed by atoms with Gasteiger partial charge in [-0.3, -0.25) is 0 Å². The van der Waals surface area contributed by atoms with E-state index in [9.17, 15) is 8.42 Å². The van der Waals surface area contributed by atoms with Crippen LogP contribution in [-0.2, 0) is 9.84 Å². The first-order valence-corrected chi connectivity index (χ1v) is 7.64. The van der Waals surface area contributed by atoms with E-state index in [0.717, 1.165) is 30.2 Å². The highest BCUT2D eigenvalue weighted by Crippen LogP contribution is 2.33. The van der Waals surface area contributed by atoms with Gasteiger partial charge in [0.1, 0.15) is 0 Å². The molecule has 0 saturated heterocycles. The van der Waals surface area contributed by atoms with Crippen molar-refractivity contribution >= 4 is 31.5 Å². The quantitative estimate of drug-likeness (QED) is 0.855. The smallest absolute Gasteiger partial charge is 0.183 e. The zero-order chi connectivity index (χ0) is 11.8. The first-order valence-electron chi connectivity index (χ1n) is 5.31. The van der Waals surface area contributed by atoms with Gasteiger partial charge in [0, 0.05) is 4.47 Å². The van der Waals surface area contributed by atoms with Crippen molar-refractivity contribution in [3.63, 3.8) is 0 Å². The molecule has 16 heavy (non-hydrogen) atoms. The second kappa shape index (κ2) is 4.37. The van der Waals surface area contributed by atoms with Crippen LogP contribution in [0.25, 0.3) is 0 Å². The van der Waals surface area contributed by atoms with Crippen molar-refractivity contribution in [1.29, 1.82) is 0 Å². The Morgan fingerprint density at radius 2 is 1.88 bits per heavy atom. The normalized spacial score (nSPS) is 17.8. The van der Waals surface area contributed by atoms with Crippen LogP contribution in [0.5, 0.6) is 0 Å². The van der Waals surface area contributed by atoms with Gasteiger partial charge in [0.25, 0.3) is 0 Å². The first kappa shape index (κ1) is 11.9. The molecule has 0 atom stereocenters. The zero-order valence-corrected chi connectivity index (χ0v) is 11.2. The molecular formula is C11H14BrNO2S. The molecule has 88 valence electrons. The van der Waals surface area contributed by atoms with E-state index in [4.69, 9.17) is 5.73 Å². The van der Waals surface area contributed by atoms with E-state index >= 15 is 0 Å². The van der Waals surface area contributed by atoms with Gasteiger partial charge in [0.2, 0.25) is 0 Å². The summed E-state index contributed by atoms with van der Waals surface area (Å²) in [6, 6.07) is 4.95. The molecule has 0 aliphatic heterocycles. The summed E-state index contributed by atoms with van der Waals surface area (Å²) in [5.74, 6) is 0. The summed E-state index contributed by atoms with van der Waals surface area (Å²) < 4.78 is 25.3. The Balaban J connectivity index is 2.42. The molecule has 2 rings (SSSR count). The van der Waals surface area contributed by atoms with Crippen LogP contribution in [0.4, 0.5) is 5.69 Å². The molecule has 1 aliphatic rings. The van der Waals surface area contributed by atoms with Crippen molar-refractivity contribution in [2.24, 2.45) is 0 Å². The highest BCUT2D eigenvalue weighted by molar-refractivity contribution is 9.10. The Hall–Kier alpha value is -0.550. The van der Waals surface area contributed by atoms with Crippen molar-refractivity contribution < 1.29 is 8.42 Å². The minimum absolute atomic E-state index is 0.240. The maximum Gasteiger partial charge on any atom is 0.183 e. The lowest BCUT2D eigenvalue weighted by Gasteiger charge is -2.13. The second-order valence-corrected chi connectivity index (χ2v) is 7.25. The molecule has 0 unspecified atom stereocenters. The summed E-state index contributed by atoms with van der Waals surface area (Å²) in [6.07, 6.45) is 3.52. The van der Waals surface area contributed by atoms with Crippen LogP contribution in [0.15, 0.2) is 27.6 Å². The average molecular weight is 304 g/mol. The lowest BCUT2D eigenvalue weighted by Crippen LogP contribution is -2.19. The molecule has 3 nitrogen and oxygen atoms in total. The summed E-state index contributed by atoms with van der Waals surface area (Å²) in [6.45, 7) is 0. The van der Waals surface area contributed by atoms with E-state index in [0.29, 0.717) is 5.69 Å². The summed E-state index contributed by atoms with van der Waals surface area (Å²) in [4.78, 5) is 0.280. The Kier molecular flexibility index (Phi) is 3.26. The van der Waals surface area contributed by atoms with E-state index in [1.165, 1.54) is 0 Å². The third kappa shape index (κ3) is 2.11. The van der Waals surface area contributed by atoms with Crippen molar-refractivity contribution in [3.05, 3.63) is 22.7 Å². The first-order chi connectivity index (χ1) is 7.51. The monoisotopic (exact) mass is 303 g/mol. The van der Waals surface area contributed by atoms with E-state index < -0.39 is 9.84 Å². The van der Waals surface area contributed by atoms with Crippen LogP contribution in [-0.4, -0.2) is 13.7 Å². The number of hydrogen-bond acceptors (Lipinski definition) is 3. The molecule has 0 amide bonds. The molecule has 1 fully saturated rings. The number of sulfone groups is 1. The van der Waals surface area contributed by atoms with Crippen molar-refractivity contribution in [3.8, 4) is 0 Å². The molecule has 1 aromatic carbocycles. The Labute approximate surface area is 104 Å². The van der Waals surface area contributed by atoms with Crippen LogP contribution in [0.2, 0.25) is 0 Å². The van der Waals surface area contributed by atoms with Crippen LogP contribution in [0.1, 0.15) is 25.7 Å². The van der Waals surface area contributed by atoms with Crippen LogP contribution in [0, 0.1) is 0 Å². The topological polar surface area (TPSA) is 60.2 Å². The van der Waals surface area contributed by atoms with Gasteiger partial charge in [-0.05, 0) is 31.0 Å². The van der Waals surface area contributed by atoms with E-state index in [2.05, 4.69) is 15.9 Å². The third-order valence-electron chi connectivity index (χ3n) is 3.02. The van der Waals surface area contributed by atoms with Gasteiger partial charge in [-0.25, -0.2) is 8.42 Å². The predicted octanol–water partition coefficient (Wildman–Crippen LogP) is 2.75. The molecule has 0 heterocycles. The predicted molar refractivity (Wildman–Crippen MR) is 68.0 cm³/mol. The van der Waals surface area contributed by atoms with Gasteiger partial charge >= 0.3 is 0 Å². The minimum atomic E-state index is -3.23. The summed E-state index contributed by atoms with van der Waals surface area (Å²) in [7, 11) is -3.23. The number of hydrogen-bond donors (Lipinski definition) is 1. The molecule has 1 aromatic rings. The van der Waals surface area contributed by atoms with Crippen molar-refractivity contribution in [2.45, 2.75) is 35.8 Å². The second-order valence-electron chi connectivity index (χ2n) is 4.13. The van der Waals surface area contributed by atoms with Gasteiger partial charge in [0.05, 0.1) is 15.8 Å². The molecule has 0 aromatic heterocycles. The molecular weight excluding hydrogens is 290 g/mol. The van der Waals surface area contributed by atoms with Crippen LogP contribution >= 0.6 is 15.9 Å². The van der Waals surface area contributed by atoms with E-state index in [1.807, 2.05) is 0 Å². The fraction of sp³-hybridized carbons (Fsp3) is 0.455. The zero-order valence-electron chi connectivity index (χ0n) is 8.82. The van der Waals surface area contributed by atoms with Crippen molar-refractivity contribution in [1.82, 2.24) is 0 Å². The van der Waals surface area contributed by atoms with Crippen LogP contribution in [0.3, 0.4) is 0 Å². The highest BCUT2D eigenvalue weighted by Gasteiger charge is 2.31. The van der Waals surface area contributed by atoms with Gasteiger partial charge in [-0.15, -0.1) is 0 Å². The number of rotatable bonds is 2. The fourth-order valence-electron chi connectivity index (χ4n) is 2.16. The molecule has 0 spiro atoms. The summed E-state index contributed by atoms with van der Waals surface area (Å²) in [5, 5.41) is -0.240. The number of nitrogen functional groups attached to an aromatic ring is 1. The number of benzene rings is 1. The highest BCUT2D eigenvalue weighted by atomic mass is 79.9. The minimum Gasteiger partial charge on any atom is -0.398 e. The van der Waals surface area contributed by atoms with Gasteiger partial charge < -0.3 is 5.73 Å². The maximum absolute atomic E-state index is 12.3. The van der Waals surface area contributed by atoms with Crippen LogP contribution < -0.4 is 5.73 Å². The molecule has 2 N–H and O–H groups in total. The molecule has 5 heteroatoms. The number of halogens is 1. The molecule has 0 radical (unpaired) electrons. The summed E-state index contributed by atoms with van der Waals surface area (Å²) in [5.41, 5.74) is 6.10. The largest absolute Gasteiger partial charge is 0.398 e. The number of anilines is 1. The number of nitrogens with two attached hydrogens (primary N) is 1. The molecule has 0 bridgehead atoms. The maximum atomic E-state index is 12.3. The van der Waals surface area contributed by atoms with Gasteiger partial charge in [-0.2, -0.15) is 0 Å². The lowest BCUT2D eigenvalue weighted by molar-refractivity contribution is 0.580. The van der Waals surface area contributed by atoms with Gasteiger partial charge in [-0.1, -0.05) is 28.8 Å².